The summed E-state index contributed by atoms with van der Waals surface area (Å²) in [5, 5.41) is 12.3. The summed E-state index contributed by atoms with van der Waals surface area (Å²) in [6, 6.07) is 18.2. The van der Waals surface area contributed by atoms with E-state index < -0.39 is 5.91 Å². The average molecular weight is 415 g/mol. The topological polar surface area (TPSA) is 114 Å². The van der Waals surface area contributed by atoms with Gasteiger partial charge in [-0.3, -0.25) is 4.79 Å². The molecule has 2 aromatic carbocycles. The Labute approximate surface area is 179 Å². The monoisotopic (exact) mass is 415 g/mol. The van der Waals surface area contributed by atoms with Crippen molar-refractivity contribution in [2.45, 2.75) is 12.5 Å². The molecule has 1 aliphatic rings. The van der Waals surface area contributed by atoms with Crippen LogP contribution in [0.15, 0.2) is 66.9 Å². The number of likely N-dealkylation sites (tertiary alicyclic amines) is 1. The Hall–Kier alpha value is -4.25. The van der Waals surface area contributed by atoms with Crippen molar-refractivity contribution in [1.29, 1.82) is 5.26 Å². The minimum atomic E-state index is -0.639. The van der Waals surface area contributed by atoms with E-state index in [0.717, 1.165) is 12.2 Å². The van der Waals surface area contributed by atoms with Crippen LogP contribution in [0.2, 0.25) is 0 Å². The maximum absolute atomic E-state index is 12.0. The third-order valence-corrected chi connectivity index (χ3v) is 4.83. The lowest BCUT2D eigenvalue weighted by Crippen LogP contribution is -2.23. The van der Waals surface area contributed by atoms with E-state index in [1.54, 1.807) is 41.4 Å². The summed E-state index contributed by atoms with van der Waals surface area (Å²) < 4.78 is 11.6. The number of carbonyl (C=O) groups excluding carboxylic acids is 1. The van der Waals surface area contributed by atoms with Crippen molar-refractivity contribution in [3.63, 3.8) is 0 Å². The standard InChI is InChI=1S/C23H21N5O3/c24-15-28-11-10-16(14-28)27-17-12-21(22(25)29)23(26-13-17)31-20-8-6-19(7-9-20)30-18-4-2-1-3-5-18/h1-9,12-13,16,27H,10-11,14H2,(H2,25,29). The zero-order chi connectivity index (χ0) is 21.6. The lowest BCUT2D eigenvalue weighted by Gasteiger charge is -2.15. The van der Waals surface area contributed by atoms with Gasteiger partial charge in [0.05, 0.1) is 11.9 Å². The highest BCUT2D eigenvalue weighted by atomic mass is 16.5. The first-order valence-electron chi connectivity index (χ1n) is 9.82. The highest BCUT2D eigenvalue weighted by Gasteiger charge is 2.22. The lowest BCUT2D eigenvalue weighted by molar-refractivity contribution is 0.0997. The van der Waals surface area contributed by atoms with Crippen LogP contribution in [0.1, 0.15) is 16.8 Å². The summed E-state index contributed by atoms with van der Waals surface area (Å²) in [5.41, 5.74) is 6.36. The molecule has 0 spiro atoms. The number of pyridine rings is 1. The molecular formula is C23H21N5O3. The molecule has 1 atom stereocenters. The van der Waals surface area contributed by atoms with E-state index in [2.05, 4.69) is 16.5 Å². The second-order valence-corrected chi connectivity index (χ2v) is 7.11. The molecule has 1 aliphatic heterocycles. The van der Waals surface area contributed by atoms with E-state index in [0.29, 0.717) is 30.3 Å². The van der Waals surface area contributed by atoms with Gasteiger partial charge in [-0.2, -0.15) is 5.26 Å². The summed E-state index contributed by atoms with van der Waals surface area (Å²) in [4.78, 5) is 17.9. The van der Waals surface area contributed by atoms with Gasteiger partial charge in [-0.05, 0) is 48.9 Å². The maximum atomic E-state index is 12.0. The van der Waals surface area contributed by atoms with Crippen molar-refractivity contribution in [3.05, 3.63) is 72.4 Å². The summed E-state index contributed by atoms with van der Waals surface area (Å²) in [6.45, 7) is 1.31. The number of benzene rings is 2. The number of ether oxygens (including phenoxy) is 2. The van der Waals surface area contributed by atoms with Crippen LogP contribution in [-0.2, 0) is 0 Å². The molecule has 1 amide bonds. The summed E-state index contributed by atoms with van der Waals surface area (Å²) in [7, 11) is 0. The number of rotatable bonds is 7. The maximum Gasteiger partial charge on any atom is 0.254 e. The molecule has 0 aliphatic carbocycles. The fraction of sp³-hybridized carbons (Fsp3) is 0.174. The van der Waals surface area contributed by atoms with Crippen LogP contribution in [0.5, 0.6) is 23.1 Å². The van der Waals surface area contributed by atoms with Gasteiger partial charge in [0.15, 0.2) is 6.19 Å². The molecule has 31 heavy (non-hydrogen) atoms. The van der Waals surface area contributed by atoms with E-state index in [1.165, 1.54) is 0 Å². The quantitative estimate of drug-likeness (QED) is 0.565. The Kier molecular flexibility index (Phi) is 5.85. The fourth-order valence-electron chi connectivity index (χ4n) is 3.31. The average Bonchev–Trinajstić information content (AvgIpc) is 3.24. The SMILES string of the molecule is N#CN1CCC(Nc2cnc(Oc3ccc(Oc4ccccc4)cc3)c(C(N)=O)c2)C1. The molecule has 156 valence electrons. The molecule has 1 unspecified atom stereocenters. The van der Waals surface area contributed by atoms with Gasteiger partial charge in [-0.25, -0.2) is 4.98 Å². The summed E-state index contributed by atoms with van der Waals surface area (Å²) in [6.07, 6.45) is 4.55. The number of nitriles is 1. The van der Waals surface area contributed by atoms with Crippen molar-refractivity contribution >= 4 is 11.6 Å². The smallest absolute Gasteiger partial charge is 0.254 e. The molecule has 0 saturated carbocycles. The van der Waals surface area contributed by atoms with Crippen LogP contribution in [0, 0.1) is 11.5 Å². The van der Waals surface area contributed by atoms with Crippen LogP contribution < -0.4 is 20.5 Å². The van der Waals surface area contributed by atoms with E-state index in [1.807, 2.05) is 30.3 Å². The fourth-order valence-corrected chi connectivity index (χ4v) is 3.31. The third-order valence-electron chi connectivity index (χ3n) is 4.83. The number of nitrogens with zero attached hydrogens (tertiary/aromatic N) is 3. The zero-order valence-electron chi connectivity index (χ0n) is 16.7. The Morgan fingerprint density at radius 1 is 1.10 bits per heavy atom. The number of nitrogens with one attached hydrogen (secondary N) is 1. The molecule has 1 fully saturated rings. The number of hydrogen-bond acceptors (Lipinski definition) is 7. The summed E-state index contributed by atoms with van der Waals surface area (Å²) in [5.74, 6) is 1.37. The zero-order valence-corrected chi connectivity index (χ0v) is 16.7. The summed E-state index contributed by atoms with van der Waals surface area (Å²) >= 11 is 0. The normalized spacial score (nSPS) is 15.2. The number of primary amides is 1. The van der Waals surface area contributed by atoms with Gasteiger partial charge >= 0.3 is 0 Å². The molecule has 2 heterocycles. The number of anilines is 1. The Bertz CT molecular complexity index is 1100. The molecule has 8 heteroatoms. The Balaban J connectivity index is 1.45. The predicted octanol–water partition coefficient (Wildman–Crippen LogP) is 3.73. The largest absolute Gasteiger partial charge is 0.457 e. The highest BCUT2D eigenvalue weighted by molar-refractivity contribution is 5.96. The number of carbonyl (C=O) groups is 1. The van der Waals surface area contributed by atoms with Crippen molar-refractivity contribution < 1.29 is 14.3 Å². The van der Waals surface area contributed by atoms with Crippen LogP contribution >= 0.6 is 0 Å². The predicted molar refractivity (Wildman–Crippen MR) is 115 cm³/mol. The molecule has 3 aromatic rings. The van der Waals surface area contributed by atoms with Crippen molar-refractivity contribution in [2.75, 3.05) is 18.4 Å². The third kappa shape index (κ3) is 5.03. The molecule has 4 rings (SSSR count). The molecule has 1 saturated heterocycles. The van der Waals surface area contributed by atoms with E-state index in [-0.39, 0.29) is 17.5 Å². The number of hydrogen-bond donors (Lipinski definition) is 2. The van der Waals surface area contributed by atoms with Gasteiger partial charge in [0, 0.05) is 19.1 Å². The minimum absolute atomic E-state index is 0.103. The van der Waals surface area contributed by atoms with Crippen molar-refractivity contribution in [1.82, 2.24) is 9.88 Å². The second kappa shape index (κ2) is 9.05. The first-order chi connectivity index (χ1) is 15.1. The lowest BCUT2D eigenvalue weighted by atomic mass is 10.2. The number of amides is 1. The van der Waals surface area contributed by atoms with Gasteiger partial charge in [0.1, 0.15) is 22.8 Å². The Morgan fingerprint density at radius 2 is 1.77 bits per heavy atom. The van der Waals surface area contributed by atoms with Crippen LogP contribution in [-0.4, -0.2) is 34.9 Å². The molecule has 1 aromatic heterocycles. The van der Waals surface area contributed by atoms with E-state index in [9.17, 15) is 4.79 Å². The number of para-hydroxylation sites is 1. The van der Waals surface area contributed by atoms with Gasteiger partial charge < -0.3 is 25.4 Å². The van der Waals surface area contributed by atoms with Crippen molar-refractivity contribution in [2.24, 2.45) is 5.73 Å². The van der Waals surface area contributed by atoms with E-state index in [4.69, 9.17) is 20.5 Å². The van der Waals surface area contributed by atoms with Crippen molar-refractivity contribution in [3.8, 4) is 29.3 Å². The minimum Gasteiger partial charge on any atom is -0.457 e. The van der Waals surface area contributed by atoms with Crippen LogP contribution in [0.3, 0.4) is 0 Å². The molecule has 3 N–H and O–H groups in total. The van der Waals surface area contributed by atoms with Crippen LogP contribution in [0.25, 0.3) is 0 Å². The molecule has 8 nitrogen and oxygen atoms in total. The second-order valence-electron chi connectivity index (χ2n) is 7.11. The molecule has 0 bridgehead atoms. The molecule has 0 radical (unpaired) electrons. The first kappa shape index (κ1) is 20.0. The number of aromatic nitrogens is 1. The highest BCUT2D eigenvalue weighted by Crippen LogP contribution is 2.29. The van der Waals surface area contributed by atoms with Crippen LogP contribution in [0.4, 0.5) is 5.69 Å². The van der Waals surface area contributed by atoms with Gasteiger partial charge in [-0.1, -0.05) is 18.2 Å². The van der Waals surface area contributed by atoms with Gasteiger partial charge in [-0.15, -0.1) is 0 Å². The first-order valence-corrected chi connectivity index (χ1v) is 9.82. The molecular weight excluding hydrogens is 394 g/mol. The van der Waals surface area contributed by atoms with E-state index >= 15 is 0 Å². The number of nitrogens with two attached hydrogens (primary N) is 1. The van der Waals surface area contributed by atoms with Gasteiger partial charge in [0.25, 0.3) is 5.91 Å². The Morgan fingerprint density at radius 3 is 2.42 bits per heavy atom. The van der Waals surface area contributed by atoms with Gasteiger partial charge in [0.2, 0.25) is 5.88 Å².